The first-order valence-corrected chi connectivity index (χ1v) is 7.96. The lowest BCUT2D eigenvalue weighted by atomic mass is 10.1. The number of piperidine rings is 1. The predicted molar refractivity (Wildman–Crippen MR) is 72.0 cm³/mol. The normalized spacial score (nSPS) is 20.4. The first-order chi connectivity index (χ1) is 8.99. The van der Waals surface area contributed by atoms with Gasteiger partial charge >= 0.3 is 0 Å². The molecular weight excluding hydrogens is 267 g/mol. The van der Waals surface area contributed by atoms with E-state index in [1.54, 1.807) is 13.0 Å². The highest BCUT2D eigenvalue weighted by molar-refractivity contribution is 7.89. The van der Waals surface area contributed by atoms with Crippen LogP contribution >= 0.6 is 0 Å². The lowest BCUT2D eigenvalue weighted by molar-refractivity contribution is 0.398. The van der Waals surface area contributed by atoms with Crippen molar-refractivity contribution in [3.05, 3.63) is 29.6 Å². The van der Waals surface area contributed by atoms with Crippen LogP contribution in [-0.4, -0.2) is 27.5 Å². The molecular formula is C13H19FN2O2S. The fourth-order valence-electron chi connectivity index (χ4n) is 2.20. The standard InChI is InChI=1S/C13H19FN2O2S/c1-10-5-6-12(14)13(8-10)19(17,18)16-9-11-4-2-3-7-15-11/h5-6,8,11,15-16H,2-4,7,9H2,1H3. The molecule has 0 spiro atoms. The fraction of sp³-hybridized carbons (Fsp3) is 0.538. The van der Waals surface area contributed by atoms with E-state index in [0.29, 0.717) is 6.54 Å². The van der Waals surface area contributed by atoms with Crippen molar-refractivity contribution >= 4 is 10.0 Å². The maximum atomic E-state index is 13.6. The number of sulfonamides is 1. The molecule has 1 aromatic carbocycles. The average Bonchev–Trinajstić information content (AvgIpc) is 2.40. The lowest BCUT2D eigenvalue weighted by Crippen LogP contribution is -2.43. The van der Waals surface area contributed by atoms with Gasteiger partial charge in [-0.2, -0.15) is 0 Å². The van der Waals surface area contributed by atoms with Gasteiger partial charge in [-0.15, -0.1) is 0 Å². The maximum absolute atomic E-state index is 13.6. The number of hydrogen-bond acceptors (Lipinski definition) is 3. The summed E-state index contributed by atoms with van der Waals surface area (Å²) in [6.07, 6.45) is 3.16. The number of halogens is 1. The van der Waals surface area contributed by atoms with Crippen LogP contribution in [0.3, 0.4) is 0 Å². The Bertz CT molecular complexity index is 540. The van der Waals surface area contributed by atoms with E-state index in [1.165, 1.54) is 12.1 Å². The van der Waals surface area contributed by atoms with Gasteiger partial charge in [0.25, 0.3) is 0 Å². The Morgan fingerprint density at radius 3 is 2.89 bits per heavy atom. The third kappa shape index (κ3) is 3.75. The topological polar surface area (TPSA) is 58.2 Å². The van der Waals surface area contributed by atoms with Crippen LogP contribution in [0.4, 0.5) is 4.39 Å². The molecule has 0 saturated carbocycles. The van der Waals surface area contributed by atoms with Gasteiger partial charge in [0, 0.05) is 12.6 Å². The summed E-state index contributed by atoms with van der Waals surface area (Å²) in [7, 11) is -3.78. The minimum Gasteiger partial charge on any atom is -0.313 e. The number of aryl methyl sites for hydroxylation is 1. The second kappa shape index (κ2) is 5.98. The van der Waals surface area contributed by atoms with Crippen LogP contribution in [0.15, 0.2) is 23.1 Å². The zero-order valence-corrected chi connectivity index (χ0v) is 11.8. The number of nitrogens with one attached hydrogen (secondary N) is 2. The molecule has 1 unspecified atom stereocenters. The maximum Gasteiger partial charge on any atom is 0.243 e. The quantitative estimate of drug-likeness (QED) is 0.883. The SMILES string of the molecule is Cc1ccc(F)c(S(=O)(=O)NCC2CCCCN2)c1. The van der Waals surface area contributed by atoms with Gasteiger partial charge in [-0.1, -0.05) is 12.5 Å². The summed E-state index contributed by atoms with van der Waals surface area (Å²) in [5.41, 5.74) is 0.720. The summed E-state index contributed by atoms with van der Waals surface area (Å²) in [5.74, 6) is -0.713. The molecule has 6 heteroatoms. The second-order valence-corrected chi connectivity index (χ2v) is 6.67. The van der Waals surface area contributed by atoms with Crippen molar-refractivity contribution in [2.45, 2.75) is 37.1 Å². The van der Waals surface area contributed by atoms with Crippen molar-refractivity contribution in [1.82, 2.24) is 10.0 Å². The van der Waals surface area contributed by atoms with E-state index in [-0.39, 0.29) is 10.9 Å². The highest BCUT2D eigenvalue weighted by atomic mass is 32.2. The molecule has 0 radical (unpaired) electrons. The summed E-state index contributed by atoms with van der Waals surface area (Å²) in [5, 5.41) is 3.25. The van der Waals surface area contributed by atoms with Crippen LogP contribution in [0.5, 0.6) is 0 Å². The molecule has 2 N–H and O–H groups in total. The van der Waals surface area contributed by atoms with Crippen LogP contribution in [0, 0.1) is 12.7 Å². The van der Waals surface area contributed by atoms with Crippen molar-refractivity contribution < 1.29 is 12.8 Å². The molecule has 1 aliphatic heterocycles. The Labute approximate surface area is 113 Å². The van der Waals surface area contributed by atoms with Gasteiger partial charge in [-0.05, 0) is 44.0 Å². The van der Waals surface area contributed by atoms with Gasteiger partial charge in [0.15, 0.2) is 0 Å². The van der Waals surface area contributed by atoms with Crippen LogP contribution in [0.25, 0.3) is 0 Å². The highest BCUT2D eigenvalue weighted by Gasteiger charge is 2.21. The zero-order valence-electron chi connectivity index (χ0n) is 10.9. The summed E-state index contributed by atoms with van der Waals surface area (Å²) >= 11 is 0. The summed E-state index contributed by atoms with van der Waals surface area (Å²) in [6, 6.07) is 4.22. The van der Waals surface area contributed by atoms with E-state index >= 15 is 0 Å². The zero-order chi connectivity index (χ0) is 13.9. The number of rotatable bonds is 4. The molecule has 106 valence electrons. The lowest BCUT2D eigenvalue weighted by Gasteiger charge is -2.23. The molecule has 1 atom stereocenters. The van der Waals surface area contributed by atoms with E-state index in [2.05, 4.69) is 10.0 Å². The smallest absolute Gasteiger partial charge is 0.243 e. The van der Waals surface area contributed by atoms with E-state index in [4.69, 9.17) is 0 Å². The molecule has 1 aliphatic rings. The molecule has 0 amide bonds. The minimum absolute atomic E-state index is 0.136. The third-order valence-corrected chi connectivity index (χ3v) is 4.75. The van der Waals surface area contributed by atoms with E-state index in [9.17, 15) is 12.8 Å². The van der Waals surface area contributed by atoms with E-state index in [1.807, 2.05) is 0 Å². The molecule has 19 heavy (non-hydrogen) atoms. The van der Waals surface area contributed by atoms with Crippen molar-refractivity contribution in [3.8, 4) is 0 Å². The molecule has 2 rings (SSSR count). The van der Waals surface area contributed by atoms with Gasteiger partial charge < -0.3 is 5.32 Å². The predicted octanol–water partition coefficient (Wildman–Crippen LogP) is 1.55. The van der Waals surface area contributed by atoms with Gasteiger partial charge in [-0.3, -0.25) is 0 Å². The molecule has 0 aromatic heterocycles. The Morgan fingerprint density at radius 1 is 1.42 bits per heavy atom. The van der Waals surface area contributed by atoms with E-state index in [0.717, 1.165) is 31.4 Å². The van der Waals surface area contributed by atoms with Crippen LogP contribution in [0.1, 0.15) is 24.8 Å². The Kier molecular flexibility index (Phi) is 4.54. The number of hydrogen-bond donors (Lipinski definition) is 2. The van der Waals surface area contributed by atoms with Crippen LogP contribution < -0.4 is 10.0 Å². The van der Waals surface area contributed by atoms with Gasteiger partial charge in [0.1, 0.15) is 10.7 Å². The summed E-state index contributed by atoms with van der Waals surface area (Å²) in [6.45, 7) is 2.95. The van der Waals surface area contributed by atoms with E-state index < -0.39 is 15.8 Å². The largest absolute Gasteiger partial charge is 0.313 e. The summed E-state index contributed by atoms with van der Waals surface area (Å²) < 4.78 is 40.2. The van der Waals surface area contributed by atoms with Gasteiger partial charge in [-0.25, -0.2) is 17.5 Å². The fourth-order valence-corrected chi connectivity index (χ4v) is 3.44. The molecule has 1 heterocycles. The van der Waals surface area contributed by atoms with Gasteiger partial charge in [0.05, 0.1) is 0 Å². The molecule has 0 aliphatic carbocycles. The average molecular weight is 286 g/mol. The molecule has 1 fully saturated rings. The summed E-state index contributed by atoms with van der Waals surface area (Å²) in [4.78, 5) is -0.275. The monoisotopic (exact) mass is 286 g/mol. The first kappa shape index (κ1) is 14.4. The van der Waals surface area contributed by atoms with Gasteiger partial charge in [0.2, 0.25) is 10.0 Å². The van der Waals surface area contributed by atoms with Crippen molar-refractivity contribution in [1.29, 1.82) is 0 Å². The Balaban J connectivity index is 2.07. The highest BCUT2D eigenvalue weighted by Crippen LogP contribution is 2.16. The van der Waals surface area contributed by atoms with Crippen molar-refractivity contribution in [2.75, 3.05) is 13.1 Å². The van der Waals surface area contributed by atoms with Crippen molar-refractivity contribution in [3.63, 3.8) is 0 Å². The Hall–Kier alpha value is -0.980. The Morgan fingerprint density at radius 2 is 2.21 bits per heavy atom. The second-order valence-electron chi connectivity index (χ2n) is 4.93. The third-order valence-electron chi connectivity index (χ3n) is 3.31. The van der Waals surface area contributed by atoms with Crippen LogP contribution in [-0.2, 0) is 10.0 Å². The van der Waals surface area contributed by atoms with Crippen LogP contribution in [0.2, 0.25) is 0 Å². The minimum atomic E-state index is -3.78. The molecule has 4 nitrogen and oxygen atoms in total. The van der Waals surface area contributed by atoms with Crippen molar-refractivity contribution in [2.24, 2.45) is 0 Å². The molecule has 0 bridgehead atoms. The first-order valence-electron chi connectivity index (χ1n) is 6.48. The molecule has 1 aromatic rings. The molecule has 1 saturated heterocycles. The number of benzene rings is 1.